The monoisotopic (exact) mass is 514 g/mol. The van der Waals surface area contributed by atoms with Gasteiger partial charge in [-0.15, -0.1) is 24.0 Å². The largest absolute Gasteiger partial charge is 0.444 e. The lowest BCUT2D eigenvalue weighted by Gasteiger charge is -2.20. The molecular weight excluding hydrogens is 483 g/mol. The highest BCUT2D eigenvalue weighted by Crippen LogP contribution is 2.07. The number of nitrogens with one attached hydrogen (secondary N) is 3. The fourth-order valence-electron chi connectivity index (χ4n) is 2.49. The van der Waals surface area contributed by atoms with Crippen molar-refractivity contribution in [3.8, 4) is 0 Å². The molecule has 0 saturated heterocycles. The third kappa shape index (κ3) is 10.2. The first-order valence-corrected chi connectivity index (χ1v) is 9.32. The molecule has 2 aromatic rings. The fraction of sp³-hybridized carbons (Fsp3) is 0.450. The number of ether oxygens (including phenoxy) is 1. The Morgan fingerprint density at radius 1 is 1.14 bits per heavy atom. The van der Waals surface area contributed by atoms with Crippen LogP contribution in [0.3, 0.4) is 0 Å². The summed E-state index contributed by atoms with van der Waals surface area (Å²) in [6.07, 6.45) is 3.30. The topological polar surface area (TPSA) is 92.6 Å². The average molecular weight is 514 g/mol. The Morgan fingerprint density at radius 2 is 1.86 bits per heavy atom. The summed E-state index contributed by atoms with van der Waals surface area (Å²) in [5.74, 6) is 0.670. The minimum atomic E-state index is -0.499. The van der Waals surface area contributed by atoms with Gasteiger partial charge in [-0.1, -0.05) is 24.3 Å². The summed E-state index contributed by atoms with van der Waals surface area (Å²) >= 11 is 0. The molecule has 1 aromatic carbocycles. The lowest BCUT2D eigenvalue weighted by atomic mass is 10.1. The minimum absolute atomic E-state index is 0. The molecule has 8 nitrogen and oxygen atoms in total. The number of carbonyl (C=O) groups excluding carboxylic acids is 1. The maximum Gasteiger partial charge on any atom is 0.407 e. The Balaban J connectivity index is 0.00000420. The van der Waals surface area contributed by atoms with Crippen LogP contribution in [-0.4, -0.2) is 47.6 Å². The molecule has 0 aliphatic heterocycles. The number of amides is 1. The number of aliphatic imine (C=N–C) groups is 1. The summed E-state index contributed by atoms with van der Waals surface area (Å²) in [4.78, 5) is 15.8. The Morgan fingerprint density at radius 3 is 2.52 bits per heavy atom. The molecule has 2 rings (SSSR count). The Bertz CT molecular complexity index is 772. The standard InChI is InChI=1S/C20H30N6O2.HI/c1-20(2,3)28-19(27)23-11-10-22-18(21-4)24-14-16-7-5-8-17(13-16)15-26-12-6-9-25-26;/h5-9,12-13H,10-11,14-15H2,1-4H3,(H,23,27)(H2,21,22,24);1H. The van der Waals surface area contributed by atoms with Crippen LogP contribution in [-0.2, 0) is 17.8 Å². The van der Waals surface area contributed by atoms with Crippen molar-refractivity contribution >= 4 is 36.0 Å². The fourth-order valence-corrected chi connectivity index (χ4v) is 2.49. The molecule has 29 heavy (non-hydrogen) atoms. The Kier molecular flexibility index (Phi) is 10.5. The maximum absolute atomic E-state index is 11.6. The van der Waals surface area contributed by atoms with Gasteiger partial charge in [0.15, 0.2) is 5.96 Å². The van der Waals surface area contributed by atoms with E-state index in [4.69, 9.17) is 4.74 Å². The first-order valence-electron chi connectivity index (χ1n) is 9.32. The van der Waals surface area contributed by atoms with Gasteiger partial charge in [-0.2, -0.15) is 5.10 Å². The molecule has 0 spiro atoms. The zero-order valence-corrected chi connectivity index (χ0v) is 19.8. The Labute approximate surface area is 189 Å². The summed E-state index contributed by atoms with van der Waals surface area (Å²) in [7, 11) is 1.71. The molecule has 0 radical (unpaired) electrons. The van der Waals surface area contributed by atoms with Crippen LogP contribution in [0.15, 0.2) is 47.7 Å². The SMILES string of the molecule is CN=C(NCCNC(=O)OC(C)(C)C)NCc1cccc(Cn2cccn2)c1.I. The van der Waals surface area contributed by atoms with Gasteiger partial charge in [0.05, 0.1) is 6.54 Å². The number of benzene rings is 1. The van der Waals surface area contributed by atoms with Gasteiger partial charge in [0.25, 0.3) is 0 Å². The van der Waals surface area contributed by atoms with E-state index in [9.17, 15) is 4.79 Å². The van der Waals surface area contributed by atoms with Crippen molar-refractivity contribution in [2.75, 3.05) is 20.1 Å². The normalized spacial score (nSPS) is 11.4. The van der Waals surface area contributed by atoms with E-state index >= 15 is 0 Å². The van der Waals surface area contributed by atoms with Crippen molar-refractivity contribution < 1.29 is 9.53 Å². The van der Waals surface area contributed by atoms with E-state index in [-0.39, 0.29) is 24.0 Å². The number of nitrogens with zero attached hydrogens (tertiary/aromatic N) is 3. The van der Waals surface area contributed by atoms with Crippen LogP contribution in [0.2, 0.25) is 0 Å². The number of halogens is 1. The third-order valence-corrected chi connectivity index (χ3v) is 3.66. The van der Waals surface area contributed by atoms with E-state index in [0.717, 1.165) is 12.1 Å². The van der Waals surface area contributed by atoms with E-state index in [1.165, 1.54) is 5.56 Å². The molecule has 0 atom stereocenters. The highest BCUT2D eigenvalue weighted by molar-refractivity contribution is 14.0. The predicted molar refractivity (Wildman–Crippen MR) is 126 cm³/mol. The van der Waals surface area contributed by atoms with Gasteiger partial charge in [0.1, 0.15) is 5.60 Å². The molecule has 0 aliphatic rings. The molecule has 3 N–H and O–H groups in total. The molecule has 0 aliphatic carbocycles. The van der Waals surface area contributed by atoms with E-state index in [0.29, 0.717) is 25.6 Å². The van der Waals surface area contributed by atoms with Crippen LogP contribution in [0.5, 0.6) is 0 Å². The smallest absolute Gasteiger partial charge is 0.407 e. The van der Waals surface area contributed by atoms with Crippen molar-refractivity contribution in [1.29, 1.82) is 0 Å². The van der Waals surface area contributed by atoms with E-state index in [1.54, 1.807) is 13.2 Å². The molecule has 0 unspecified atom stereocenters. The van der Waals surface area contributed by atoms with Gasteiger partial charge in [-0.05, 0) is 38.0 Å². The summed E-state index contributed by atoms with van der Waals surface area (Å²) < 4.78 is 7.09. The first kappa shape index (κ1) is 24.7. The highest BCUT2D eigenvalue weighted by Gasteiger charge is 2.15. The number of hydrogen-bond donors (Lipinski definition) is 3. The van der Waals surface area contributed by atoms with Crippen LogP contribution >= 0.6 is 24.0 Å². The maximum atomic E-state index is 11.6. The number of aromatic nitrogens is 2. The zero-order valence-electron chi connectivity index (χ0n) is 17.4. The molecule has 1 amide bonds. The van der Waals surface area contributed by atoms with Crippen molar-refractivity contribution in [2.45, 2.75) is 39.5 Å². The van der Waals surface area contributed by atoms with Crippen LogP contribution in [0.1, 0.15) is 31.9 Å². The van der Waals surface area contributed by atoms with Crippen molar-refractivity contribution in [2.24, 2.45) is 4.99 Å². The van der Waals surface area contributed by atoms with Gasteiger partial charge in [-0.3, -0.25) is 9.67 Å². The predicted octanol–water partition coefficient (Wildman–Crippen LogP) is 2.74. The lowest BCUT2D eigenvalue weighted by Crippen LogP contribution is -2.42. The summed E-state index contributed by atoms with van der Waals surface area (Å²) in [6, 6.07) is 10.2. The first-order chi connectivity index (χ1) is 13.4. The summed E-state index contributed by atoms with van der Waals surface area (Å²) in [5, 5.41) is 13.4. The van der Waals surface area contributed by atoms with Crippen molar-refractivity contribution in [3.63, 3.8) is 0 Å². The van der Waals surface area contributed by atoms with Gasteiger partial charge in [0, 0.05) is 39.1 Å². The molecule has 0 bridgehead atoms. The molecule has 0 saturated carbocycles. The minimum Gasteiger partial charge on any atom is -0.444 e. The van der Waals surface area contributed by atoms with E-state index in [2.05, 4.69) is 44.2 Å². The number of hydrogen-bond acceptors (Lipinski definition) is 4. The second kappa shape index (κ2) is 12.3. The van der Waals surface area contributed by atoms with Crippen molar-refractivity contribution in [3.05, 3.63) is 53.9 Å². The highest BCUT2D eigenvalue weighted by atomic mass is 127. The quantitative estimate of drug-likeness (QED) is 0.229. The Hall–Kier alpha value is -2.30. The van der Waals surface area contributed by atoms with E-state index in [1.807, 2.05) is 43.8 Å². The zero-order chi connectivity index (χ0) is 20.4. The molecular formula is C20H31IN6O2. The number of carbonyl (C=O) groups is 1. The second-order valence-corrected chi connectivity index (χ2v) is 7.30. The summed E-state index contributed by atoms with van der Waals surface area (Å²) in [5.41, 5.74) is 1.84. The van der Waals surface area contributed by atoms with Gasteiger partial charge in [-0.25, -0.2) is 4.79 Å². The van der Waals surface area contributed by atoms with Gasteiger partial charge >= 0.3 is 6.09 Å². The number of rotatable bonds is 7. The lowest BCUT2D eigenvalue weighted by molar-refractivity contribution is 0.0529. The van der Waals surface area contributed by atoms with Crippen LogP contribution in [0.4, 0.5) is 4.79 Å². The van der Waals surface area contributed by atoms with Gasteiger partial charge in [0.2, 0.25) is 0 Å². The van der Waals surface area contributed by atoms with Crippen molar-refractivity contribution in [1.82, 2.24) is 25.7 Å². The molecule has 1 heterocycles. The van der Waals surface area contributed by atoms with Gasteiger partial charge < -0.3 is 20.7 Å². The van der Waals surface area contributed by atoms with E-state index < -0.39 is 11.7 Å². The summed E-state index contributed by atoms with van der Waals surface area (Å²) in [6.45, 7) is 7.87. The van der Waals surface area contributed by atoms with Crippen LogP contribution < -0.4 is 16.0 Å². The van der Waals surface area contributed by atoms with Crippen LogP contribution in [0, 0.1) is 0 Å². The third-order valence-electron chi connectivity index (χ3n) is 3.66. The second-order valence-electron chi connectivity index (χ2n) is 7.30. The molecule has 160 valence electrons. The molecule has 1 aromatic heterocycles. The molecule has 9 heteroatoms. The molecule has 0 fully saturated rings. The average Bonchev–Trinajstić information content (AvgIpc) is 3.13. The van der Waals surface area contributed by atoms with Crippen LogP contribution in [0.25, 0.3) is 0 Å². The number of guanidine groups is 1. The number of alkyl carbamates (subject to hydrolysis) is 1.